The van der Waals surface area contributed by atoms with Gasteiger partial charge in [0, 0.05) is 33.4 Å². The predicted molar refractivity (Wildman–Crippen MR) is 69.9 cm³/mol. The average molecular weight is 307 g/mol. The maximum Gasteiger partial charge on any atom is 0.330 e. The monoisotopic (exact) mass is 307 g/mol. The Kier molecular flexibility index (Phi) is 5.22. The summed E-state index contributed by atoms with van der Waals surface area (Å²) in [6.45, 7) is -1.42. The van der Waals surface area contributed by atoms with Crippen molar-refractivity contribution in [3.63, 3.8) is 0 Å². The lowest BCUT2D eigenvalue weighted by Crippen LogP contribution is -2.44. The lowest BCUT2D eigenvalue weighted by Gasteiger charge is -2.20. The summed E-state index contributed by atoms with van der Waals surface area (Å²) in [6, 6.07) is 0. The number of aromatic nitrogens is 2. The van der Waals surface area contributed by atoms with Crippen molar-refractivity contribution in [1.29, 1.82) is 0 Å². The van der Waals surface area contributed by atoms with Crippen LogP contribution >= 0.6 is 0 Å². The van der Waals surface area contributed by atoms with E-state index in [1.165, 1.54) is 14.1 Å². The normalized spacial score (nSPS) is 12.1. The number of hydrogen-bond donors (Lipinski definition) is 2. The van der Waals surface area contributed by atoms with Crippen molar-refractivity contribution in [3.8, 4) is 0 Å². The largest absolute Gasteiger partial charge is 0.395 e. The Morgan fingerprint density at radius 1 is 1.15 bits per heavy atom. The molecule has 0 saturated heterocycles. The van der Waals surface area contributed by atoms with Crippen LogP contribution < -0.4 is 11.2 Å². The van der Waals surface area contributed by atoms with Gasteiger partial charge in [-0.15, -0.1) is 0 Å². The molecular weight excluding hydrogens is 290 g/mol. The quantitative estimate of drug-likeness (QED) is 0.580. The summed E-state index contributed by atoms with van der Waals surface area (Å²) in [5.74, 6) is 0. The van der Waals surface area contributed by atoms with Crippen LogP contribution in [0.1, 0.15) is 0 Å². The zero-order valence-corrected chi connectivity index (χ0v) is 12.0. The van der Waals surface area contributed by atoms with E-state index in [-0.39, 0.29) is 13.1 Å². The zero-order chi connectivity index (χ0) is 15.5. The molecule has 2 N–H and O–H groups in total. The smallest absolute Gasteiger partial charge is 0.330 e. The van der Waals surface area contributed by atoms with E-state index in [2.05, 4.69) is 0 Å². The molecule has 114 valence electrons. The molecule has 0 fully saturated rings. The molecule has 0 radical (unpaired) electrons. The van der Waals surface area contributed by atoms with E-state index in [1.54, 1.807) is 0 Å². The van der Waals surface area contributed by atoms with Crippen LogP contribution in [0.15, 0.2) is 20.7 Å². The van der Waals surface area contributed by atoms with Crippen LogP contribution in [0.3, 0.4) is 0 Å². The molecule has 1 aromatic rings. The van der Waals surface area contributed by atoms with Gasteiger partial charge in [0.05, 0.1) is 13.2 Å². The third-order valence-electron chi connectivity index (χ3n) is 2.73. The van der Waals surface area contributed by atoms with Crippen LogP contribution in [0.5, 0.6) is 0 Å². The molecule has 9 nitrogen and oxygen atoms in total. The first-order valence-corrected chi connectivity index (χ1v) is 7.20. The van der Waals surface area contributed by atoms with Crippen molar-refractivity contribution in [2.24, 2.45) is 14.1 Å². The fourth-order valence-electron chi connectivity index (χ4n) is 1.67. The van der Waals surface area contributed by atoms with Crippen molar-refractivity contribution in [1.82, 2.24) is 13.4 Å². The first kappa shape index (κ1) is 16.6. The number of sulfonamides is 1. The van der Waals surface area contributed by atoms with Crippen LogP contribution in [0, 0.1) is 0 Å². The molecule has 0 aliphatic heterocycles. The summed E-state index contributed by atoms with van der Waals surface area (Å²) in [4.78, 5) is 22.9. The summed E-state index contributed by atoms with van der Waals surface area (Å²) in [5, 5.41) is 17.7. The minimum atomic E-state index is -4.20. The van der Waals surface area contributed by atoms with Crippen LogP contribution in [0.2, 0.25) is 0 Å². The molecule has 20 heavy (non-hydrogen) atoms. The minimum Gasteiger partial charge on any atom is -0.395 e. The summed E-state index contributed by atoms with van der Waals surface area (Å²) < 4.78 is 27.1. The average Bonchev–Trinajstić information content (AvgIpc) is 2.40. The Morgan fingerprint density at radius 2 is 1.65 bits per heavy atom. The molecule has 0 amide bonds. The second-order valence-electron chi connectivity index (χ2n) is 4.10. The molecule has 0 bridgehead atoms. The first-order chi connectivity index (χ1) is 9.27. The summed E-state index contributed by atoms with van der Waals surface area (Å²) in [6.07, 6.45) is 0.932. The van der Waals surface area contributed by atoms with E-state index in [0.717, 1.165) is 15.1 Å². The van der Waals surface area contributed by atoms with E-state index in [9.17, 15) is 18.0 Å². The first-order valence-electron chi connectivity index (χ1n) is 5.76. The molecule has 1 rings (SSSR count). The molecule has 0 aliphatic rings. The molecule has 0 spiro atoms. The van der Waals surface area contributed by atoms with Crippen molar-refractivity contribution < 1.29 is 18.6 Å². The summed E-state index contributed by atoms with van der Waals surface area (Å²) in [5.41, 5.74) is -1.60. The molecule has 10 heteroatoms. The molecule has 1 heterocycles. The highest BCUT2D eigenvalue weighted by atomic mass is 32.2. The van der Waals surface area contributed by atoms with Gasteiger partial charge in [-0.3, -0.25) is 9.36 Å². The minimum absolute atomic E-state index is 0.255. The van der Waals surface area contributed by atoms with E-state index in [4.69, 9.17) is 10.2 Å². The van der Waals surface area contributed by atoms with Crippen LogP contribution in [0.4, 0.5) is 0 Å². The van der Waals surface area contributed by atoms with Crippen molar-refractivity contribution >= 4 is 10.0 Å². The molecule has 0 saturated carbocycles. The highest BCUT2D eigenvalue weighted by Crippen LogP contribution is 2.09. The molecule has 0 unspecified atom stereocenters. The Labute approximate surface area is 115 Å². The van der Waals surface area contributed by atoms with Gasteiger partial charge in [-0.2, -0.15) is 4.31 Å². The topological polar surface area (TPSA) is 122 Å². The van der Waals surface area contributed by atoms with Crippen LogP contribution in [-0.2, 0) is 24.1 Å². The van der Waals surface area contributed by atoms with Gasteiger partial charge in [0.2, 0.25) is 10.0 Å². The van der Waals surface area contributed by atoms with Gasteiger partial charge < -0.3 is 14.8 Å². The van der Waals surface area contributed by atoms with E-state index in [0.29, 0.717) is 4.57 Å². The van der Waals surface area contributed by atoms with Gasteiger partial charge in [-0.25, -0.2) is 13.2 Å². The molecule has 0 aromatic carbocycles. The number of aliphatic hydroxyl groups excluding tert-OH is 2. The number of hydrogen-bond acceptors (Lipinski definition) is 6. The van der Waals surface area contributed by atoms with Gasteiger partial charge in [0.15, 0.2) is 4.90 Å². The van der Waals surface area contributed by atoms with Gasteiger partial charge in [-0.05, 0) is 0 Å². The highest BCUT2D eigenvalue weighted by molar-refractivity contribution is 7.89. The summed E-state index contributed by atoms with van der Waals surface area (Å²) in [7, 11) is -1.70. The van der Waals surface area contributed by atoms with Gasteiger partial charge >= 0.3 is 5.69 Å². The second kappa shape index (κ2) is 6.31. The Bertz CT molecular complexity index is 684. The second-order valence-corrected chi connectivity index (χ2v) is 6.01. The number of aryl methyl sites for hydroxylation is 1. The lowest BCUT2D eigenvalue weighted by atomic mass is 10.6. The number of aliphatic hydroxyl groups is 2. The maximum absolute atomic E-state index is 12.3. The SMILES string of the molecule is Cn1cc(S(=O)(=O)N(CCO)CCO)c(=O)n(C)c1=O. The fraction of sp³-hybridized carbons (Fsp3) is 0.600. The Balaban J connectivity index is 3.50. The van der Waals surface area contributed by atoms with E-state index >= 15 is 0 Å². The van der Waals surface area contributed by atoms with Gasteiger partial charge in [-0.1, -0.05) is 0 Å². The van der Waals surface area contributed by atoms with Crippen molar-refractivity contribution in [2.75, 3.05) is 26.3 Å². The zero-order valence-electron chi connectivity index (χ0n) is 11.2. The third-order valence-corrected chi connectivity index (χ3v) is 4.61. The fourth-order valence-corrected chi connectivity index (χ4v) is 3.24. The molecule has 1 aromatic heterocycles. The standard InChI is InChI=1S/C10H17N3O6S/c1-11-7-8(9(16)12(2)10(11)17)20(18,19)13(3-5-14)4-6-15/h7,14-15H,3-6H2,1-2H3. The van der Waals surface area contributed by atoms with Crippen LogP contribution in [-0.4, -0.2) is 58.4 Å². The molecule has 0 aliphatic carbocycles. The van der Waals surface area contributed by atoms with Gasteiger partial charge in [0.1, 0.15) is 0 Å². The lowest BCUT2D eigenvalue weighted by molar-refractivity contribution is 0.217. The number of rotatable bonds is 6. The van der Waals surface area contributed by atoms with E-state index in [1.807, 2.05) is 0 Å². The summed E-state index contributed by atoms with van der Waals surface area (Å²) >= 11 is 0. The predicted octanol–water partition coefficient (Wildman–Crippen LogP) is -2.94. The number of nitrogens with zero attached hydrogens (tertiary/aromatic N) is 3. The Hall–Kier alpha value is -1.49. The van der Waals surface area contributed by atoms with Crippen LogP contribution in [0.25, 0.3) is 0 Å². The van der Waals surface area contributed by atoms with Crippen molar-refractivity contribution in [2.45, 2.75) is 4.90 Å². The maximum atomic E-state index is 12.3. The molecular formula is C10H17N3O6S. The van der Waals surface area contributed by atoms with E-state index < -0.39 is 39.4 Å². The van der Waals surface area contributed by atoms with Crippen molar-refractivity contribution in [3.05, 3.63) is 27.0 Å². The van der Waals surface area contributed by atoms with Gasteiger partial charge in [0.25, 0.3) is 5.56 Å². The molecule has 0 atom stereocenters. The third kappa shape index (κ3) is 2.98. The highest BCUT2D eigenvalue weighted by Gasteiger charge is 2.28. The Morgan fingerprint density at radius 3 is 2.10 bits per heavy atom.